The molecule has 110 heavy (non-hydrogen) atoms. The third-order valence-electron chi connectivity index (χ3n) is 17.2. The second-order valence-corrected chi connectivity index (χ2v) is 37.6. The molecule has 22 nitrogen and oxygen atoms in total. The molecule has 3 fully saturated rings. The Labute approximate surface area is 667 Å². The van der Waals surface area contributed by atoms with Gasteiger partial charge in [0.1, 0.15) is 29.3 Å². The molecule has 3 aliphatic heterocycles. The van der Waals surface area contributed by atoms with Crippen molar-refractivity contribution in [3.8, 4) is 0 Å². The molecule has 0 radical (unpaired) electrons. The van der Waals surface area contributed by atoms with E-state index in [0.717, 1.165) is 23.8 Å². The van der Waals surface area contributed by atoms with Gasteiger partial charge in [0.05, 0.1) is 55.2 Å². The van der Waals surface area contributed by atoms with Crippen molar-refractivity contribution in [2.75, 3.05) is 75.4 Å². The van der Waals surface area contributed by atoms with Gasteiger partial charge in [-0.15, -0.1) is 0 Å². The van der Waals surface area contributed by atoms with Gasteiger partial charge in [0.15, 0.2) is 0 Å². The number of carbonyl (C=O) groups excluding carboxylic acids is 6. The molecule has 616 valence electrons. The summed E-state index contributed by atoms with van der Waals surface area (Å²) >= 11 is 24.8. The van der Waals surface area contributed by atoms with Gasteiger partial charge in [0, 0.05) is 115 Å². The quantitative estimate of drug-likeness (QED) is 0.0195. The van der Waals surface area contributed by atoms with Crippen LogP contribution in [-0.4, -0.2) is 170 Å². The number of benzene rings is 4. The standard InChI is InChI=1S/C38H54Cl2F3N5O6S.C29H39Cl2F3N4O2S.C9H15NO4/c1-23(2)19-30(46-55(53)37(6,7)8)27-21-25(38(41,42)43)10-12-32(27)47-14-16-48(17-15-47)34(51)31(20-24-9-11-26(39)22-28(24)40)44-33(50)29(13-18-49)45-35(52)54-36(3,4)5;1-18(2)14-25(36-41(40)28(3,4)5)22-16-20(29(32,33)34)7-9-26(22)37-10-12-38(13-11-37)27(39)24(35)15-19-6-8-21(30)17-23(19)31;1-9(2,3)14-8(12)10-6-4-5-13-7(6)11/h9-12,21-23,29-31,46,49H,13-20H2,1-8H3,(H,44,50)(H,45,52);6-9,16-18,24-25,36H,10-15,35H2,1-5H3;6H,4-5H2,1-3H3,(H,10,12)/t29?,30-,31+,55?;24-,25+,41?;/m01./s1. The molecule has 4 aromatic carbocycles. The van der Waals surface area contributed by atoms with Gasteiger partial charge in [0.2, 0.25) is 17.7 Å². The lowest BCUT2D eigenvalue weighted by Crippen LogP contribution is -2.58. The number of nitrogens with zero attached hydrogens (tertiary/aromatic N) is 4. The van der Waals surface area contributed by atoms with Gasteiger partial charge in [-0.25, -0.2) is 32.2 Å². The molecule has 8 N–H and O–H groups in total. The monoisotopic (exact) mass is 1670 g/mol. The van der Waals surface area contributed by atoms with Crippen LogP contribution in [0.1, 0.15) is 182 Å². The topological polar surface area (TPSA) is 284 Å². The molecule has 3 aliphatic rings. The zero-order valence-electron chi connectivity index (χ0n) is 65.3. The zero-order chi connectivity index (χ0) is 82.9. The van der Waals surface area contributed by atoms with E-state index in [1.54, 1.807) is 102 Å². The summed E-state index contributed by atoms with van der Waals surface area (Å²) in [7, 11) is -3.07. The summed E-state index contributed by atoms with van der Waals surface area (Å²) in [6.07, 6.45) is -9.08. The van der Waals surface area contributed by atoms with Crippen molar-refractivity contribution in [2.24, 2.45) is 17.6 Å². The number of piperazine rings is 2. The van der Waals surface area contributed by atoms with Gasteiger partial charge in [-0.1, -0.05) is 86.2 Å². The van der Waals surface area contributed by atoms with E-state index in [2.05, 4.69) is 30.1 Å². The number of aliphatic hydroxyl groups is 1. The molecule has 0 spiro atoms. The Balaban J connectivity index is 0.000000343. The number of aliphatic hydroxyl groups excluding tert-OH is 1. The van der Waals surface area contributed by atoms with Crippen LogP contribution in [0.3, 0.4) is 0 Å². The van der Waals surface area contributed by atoms with Crippen LogP contribution in [0.2, 0.25) is 20.1 Å². The zero-order valence-corrected chi connectivity index (χ0v) is 69.9. The molecule has 3 heterocycles. The van der Waals surface area contributed by atoms with E-state index in [1.165, 1.54) is 24.3 Å². The van der Waals surface area contributed by atoms with Crippen molar-refractivity contribution in [1.29, 1.82) is 0 Å². The number of carbonyl (C=O) groups is 6. The predicted molar refractivity (Wildman–Crippen MR) is 421 cm³/mol. The Morgan fingerprint density at radius 2 is 0.982 bits per heavy atom. The van der Waals surface area contributed by atoms with Crippen molar-refractivity contribution in [3.63, 3.8) is 0 Å². The first-order valence-corrected chi connectivity index (χ1v) is 40.1. The number of hydrogen-bond acceptors (Lipinski definition) is 15. The normalized spacial score (nSPS) is 17.3. The Morgan fingerprint density at radius 3 is 1.35 bits per heavy atom. The smallest absolute Gasteiger partial charge is 0.416 e. The summed E-state index contributed by atoms with van der Waals surface area (Å²) in [5, 5.41) is 18.9. The lowest BCUT2D eigenvalue weighted by atomic mass is 9.94. The summed E-state index contributed by atoms with van der Waals surface area (Å²) in [6, 6.07) is 12.1. The molecule has 3 saturated heterocycles. The van der Waals surface area contributed by atoms with Crippen LogP contribution in [0.4, 0.5) is 47.3 Å². The molecule has 0 bridgehead atoms. The van der Waals surface area contributed by atoms with Crippen LogP contribution in [0.15, 0.2) is 72.8 Å². The lowest BCUT2D eigenvalue weighted by Gasteiger charge is -2.39. The molecule has 4 unspecified atom stereocenters. The average Bonchev–Trinajstić information content (AvgIpc) is 0.903. The molecule has 0 saturated carbocycles. The minimum atomic E-state index is -4.60. The minimum Gasteiger partial charge on any atom is -0.464 e. The molecule has 0 aliphatic carbocycles. The maximum atomic E-state index is 14.2. The average molecular weight is 1670 g/mol. The van der Waals surface area contributed by atoms with Gasteiger partial charge in [-0.3, -0.25) is 14.4 Å². The van der Waals surface area contributed by atoms with Gasteiger partial charge >= 0.3 is 30.5 Å². The second kappa shape index (κ2) is 40.7. The highest BCUT2D eigenvalue weighted by atomic mass is 35.5. The van der Waals surface area contributed by atoms with Crippen molar-refractivity contribution >= 4 is 116 Å². The number of halogens is 10. The van der Waals surface area contributed by atoms with E-state index in [1.807, 2.05) is 58.3 Å². The lowest BCUT2D eigenvalue weighted by molar-refractivity contribution is -0.140. The third-order valence-corrected chi connectivity index (χ3v) is 21.6. The van der Waals surface area contributed by atoms with E-state index in [-0.39, 0.29) is 68.2 Å². The number of ether oxygens (including phenoxy) is 3. The highest BCUT2D eigenvalue weighted by molar-refractivity contribution is 7.84. The van der Waals surface area contributed by atoms with Crippen LogP contribution in [0.5, 0.6) is 0 Å². The first-order valence-electron chi connectivity index (χ1n) is 36.3. The number of anilines is 2. The van der Waals surface area contributed by atoms with E-state index in [0.29, 0.717) is 95.2 Å². The highest BCUT2D eigenvalue weighted by Gasteiger charge is 2.40. The predicted octanol–water partition coefficient (Wildman–Crippen LogP) is 14.0. The van der Waals surface area contributed by atoms with Crippen LogP contribution in [0, 0.1) is 11.8 Å². The van der Waals surface area contributed by atoms with Crippen molar-refractivity contribution in [3.05, 3.63) is 126 Å². The summed E-state index contributed by atoms with van der Waals surface area (Å²) in [6.45, 7) is 31.2. The summed E-state index contributed by atoms with van der Waals surface area (Å²) in [5.74, 6) is -1.60. The number of esters is 1. The summed E-state index contributed by atoms with van der Waals surface area (Å²) < 4.78 is 130. The fourth-order valence-corrected chi connectivity index (χ4v) is 14.4. The molecule has 8 atom stereocenters. The van der Waals surface area contributed by atoms with Crippen molar-refractivity contribution in [1.82, 2.24) is 35.2 Å². The Bertz CT molecular complexity index is 3840. The van der Waals surface area contributed by atoms with E-state index in [9.17, 15) is 68.6 Å². The van der Waals surface area contributed by atoms with Crippen LogP contribution < -0.4 is 40.9 Å². The molecular formula is C76H108Cl4F6N10O12S2. The van der Waals surface area contributed by atoms with E-state index < -0.39 is 139 Å². The van der Waals surface area contributed by atoms with Gasteiger partial charge in [0.25, 0.3) is 0 Å². The summed E-state index contributed by atoms with van der Waals surface area (Å²) in [4.78, 5) is 82.8. The van der Waals surface area contributed by atoms with E-state index >= 15 is 0 Å². The Kier molecular flexibility index (Phi) is 34.9. The molecule has 7 rings (SSSR count). The maximum Gasteiger partial charge on any atom is 0.416 e. The van der Waals surface area contributed by atoms with Crippen LogP contribution in [0.25, 0.3) is 0 Å². The fraction of sp³-hybridized carbons (Fsp3) is 0.605. The highest BCUT2D eigenvalue weighted by Crippen LogP contribution is 2.41. The second-order valence-electron chi connectivity index (χ2n) is 31.9. The number of alkyl halides is 6. The summed E-state index contributed by atoms with van der Waals surface area (Å²) in [5.41, 5.74) is 6.47. The number of cyclic esters (lactones) is 1. The molecular weight excluding hydrogens is 1560 g/mol. The Morgan fingerprint density at radius 1 is 0.573 bits per heavy atom. The molecule has 4 aromatic rings. The van der Waals surface area contributed by atoms with Crippen molar-refractivity contribution < 1.29 is 82.8 Å². The number of hydrogen-bond donors (Lipinski definition) is 7. The number of alkyl carbamates (subject to hydrolysis) is 2. The molecule has 5 amide bonds. The Hall–Kier alpha value is -6.22. The molecule has 34 heteroatoms. The van der Waals surface area contributed by atoms with E-state index in [4.69, 9.17) is 61.6 Å². The van der Waals surface area contributed by atoms with Gasteiger partial charge in [-0.05, 0) is 204 Å². The number of rotatable bonds is 24. The number of amides is 5. The fourth-order valence-electron chi connectivity index (χ4n) is 11.7. The van der Waals surface area contributed by atoms with Crippen molar-refractivity contribution in [2.45, 2.75) is 219 Å². The molecule has 0 aromatic heterocycles. The minimum absolute atomic E-state index is 0.0321. The van der Waals surface area contributed by atoms with Gasteiger partial charge in [-0.2, -0.15) is 26.3 Å². The maximum absolute atomic E-state index is 14.2. The van der Waals surface area contributed by atoms with Crippen LogP contribution in [-0.2, 0) is 80.6 Å². The van der Waals surface area contributed by atoms with Crippen LogP contribution >= 0.6 is 46.4 Å². The largest absolute Gasteiger partial charge is 0.464 e. The first kappa shape index (κ1) is 94.4. The number of nitrogens with two attached hydrogens (primary N) is 1. The first-order chi connectivity index (χ1) is 50.7. The SMILES string of the molecule is CC(C)(C)OC(=O)NC1CCOC1=O.CC(C)C[C@H](NS(=O)C(C)(C)C)c1cc(C(F)(F)F)ccc1N1CCN(C(=O)[C@@H](Cc2ccc(Cl)cc2Cl)NC(=O)C(CCO)NC(=O)OC(C)(C)C)CC1.CC(C)C[C@H](NS(=O)C(C)(C)C)c1cc(C(F)(F)F)ccc1N1CCN(C(=O)[C@H](N)Cc2ccc(Cl)cc2Cl)CC1. The van der Waals surface area contributed by atoms with Gasteiger partial charge < -0.3 is 60.6 Å². The third kappa shape index (κ3) is 30.3. The number of nitrogens with one attached hydrogen (secondary N) is 5.